The molecule has 0 amide bonds. The average Bonchev–Trinajstić information content (AvgIpc) is 2.52. The smallest absolute Gasteiger partial charge is 0.159 e. The van der Waals surface area contributed by atoms with Crippen molar-refractivity contribution < 1.29 is 8.78 Å². The van der Waals surface area contributed by atoms with Gasteiger partial charge >= 0.3 is 0 Å². The molecule has 1 heterocycles. The standard InChI is InChI=1S/C17H26F2N2/c1-3-17(4-2)7-9-21(10-8-17)16(12-20)13-5-6-14(18)15(19)11-13/h5-6,11,16H,3-4,7-10,12,20H2,1-2H3. The molecule has 2 rings (SSSR count). The molecule has 1 aromatic carbocycles. The Labute approximate surface area is 126 Å². The van der Waals surface area contributed by atoms with Gasteiger partial charge in [-0.1, -0.05) is 32.8 Å². The second-order valence-corrected chi connectivity index (χ2v) is 6.17. The second-order valence-electron chi connectivity index (χ2n) is 6.17. The third kappa shape index (κ3) is 3.43. The van der Waals surface area contributed by atoms with Crippen LogP contribution in [-0.4, -0.2) is 24.5 Å². The molecule has 1 aliphatic heterocycles. The summed E-state index contributed by atoms with van der Waals surface area (Å²) in [5, 5.41) is 0. The minimum absolute atomic E-state index is 0.0215. The van der Waals surface area contributed by atoms with Gasteiger partial charge in [-0.25, -0.2) is 8.78 Å². The quantitative estimate of drug-likeness (QED) is 0.894. The summed E-state index contributed by atoms with van der Waals surface area (Å²) in [6.45, 7) is 6.89. The highest BCUT2D eigenvalue weighted by Crippen LogP contribution is 2.39. The molecule has 1 aromatic rings. The molecule has 1 unspecified atom stereocenters. The highest BCUT2D eigenvalue weighted by Gasteiger charge is 2.33. The zero-order chi connectivity index (χ0) is 15.5. The van der Waals surface area contributed by atoms with Gasteiger partial charge in [-0.05, 0) is 49.0 Å². The lowest BCUT2D eigenvalue weighted by atomic mass is 9.74. The first-order valence-electron chi connectivity index (χ1n) is 7.94. The number of likely N-dealkylation sites (tertiary alicyclic amines) is 1. The van der Waals surface area contributed by atoms with E-state index in [4.69, 9.17) is 5.73 Å². The number of rotatable bonds is 5. The summed E-state index contributed by atoms with van der Waals surface area (Å²) in [5.41, 5.74) is 7.12. The molecule has 1 aliphatic rings. The summed E-state index contributed by atoms with van der Waals surface area (Å²) >= 11 is 0. The lowest BCUT2D eigenvalue weighted by molar-refractivity contribution is 0.0678. The van der Waals surface area contributed by atoms with Crippen molar-refractivity contribution in [2.75, 3.05) is 19.6 Å². The molecule has 0 radical (unpaired) electrons. The molecule has 1 saturated heterocycles. The molecule has 0 spiro atoms. The molecule has 0 aliphatic carbocycles. The van der Waals surface area contributed by atoms with E-state index in [9.17, 15) is 8.78 Å². The number of nitrogens with two attached hydrogens (primary N) is 1. The van der Waals surface area contributed by atoms with Crippen molar-refractivity contribution in [3.63, 3.8) is 0 Å². The number of hydrogen-bond donors (Lipinski definition) is 1. The predicted molar refractivity (Wildman–Crippen MR) is 82.0 cm³/mol. The van der Waals surface area contributed by atoms with E-state index in [0.717, 1.165) is 31.5 Å². The van der Waals surface area contributed by atoms with Crippen LogP contribution in [0.2, 0.25) is 0 Å². The number of halogens is 2. The van der Waals surface area contributed by atoms with Crippen LogP contribution in [0, 0.1) is 17.0 Å². The first-order valence-corrected chi connectivity index (χ1v) is 7.94. The zero-order valence-electron chi connectivity index (χ0n) is 13.0. The third-order valence-corrected chi connectivity index (χ3v) is 5.35. The summed E-state index contributed by atoms with van der Waals surface area (Å²) in [5.74, 6) is -1.59. The van der Waals surface area contributed by atoms with Gasteiger partial charge in [-0.2, -0.15) is 0 Å². The van der Waals surface area contributed by atoms with E-state index in [-0.39, 0.29) is 6.04 Å². The molecule has 4 heteroatoms. The maximum atomic E-state index is 13.4. The van der Waals surface area contributed by atoms with Crippen molar-refractivity contribution in [3.8, 4) is 0 Å². The van der Waals surface area contributed by atoms with Gasteiger partial charge in [0.2, 0.25) is 0 Å². The van der Waals surface area contributed by atoms with Gasteiger partial charge in [0.25, 0.3) is 0 Å². The second kappa shape index (κ2) is 6.84. The van der Waals surface area contributed by atoms with Crippen LogP contribution in [0.5, 0.6) is 0 Å². The molecular weight excluding hydrogens is 270 g/mol. The van der Waals surface area contributed by atoms with Gasteiger partial charge in [0, 0.05) is 12.6 Å². The minimum Gasteiger partial charge on any atom is -0.329 e. The Bertz CT molecular complexity index is 462. The third-order valence-electron chi connectivity index (χ3n) is 5.35. The van der Waals surface area contributed by atoms with Gasteiger partial charge in [0.15, 0.2) is 11.6 Å². The molecule has 118 valence electrons. The van der Waals surface area contributed by atoms with E-state index in [1.165, 1.54) is 25.0 Å². The molecule has 0 saturated carbocycles. The first-order chi connectivity index (χ1) is 10.0. The topological polar surface area (TPSA) is 29.3 Å². The molecule has 2 nitrogen and oxygen atoms in total. The normalized spacial score (nSPS) is 20.4. The van der Waals surface area contributed by atoms with Crippen LogP contribution in [0.15, 0.2) is 18.2 Å². The van der Waals surface area contributed by atoms with Gasteiger partial charge in [-0.3, -0.25) is 4.90 Å². The Morgan fingerprint density at radius 2 is 1.76 bits per heavy atom. The maximum absolute atomic E-state index is 13.4. The van der Waals surface area contributed by atoms with E-state index in [1.807, 2.05) is 0 Å². The summed E-state index contributed by atoms with van der Waals surface area (Å²) in [4.78, 5) is 2.32. The molecule has 1 fully saturated rings. The molecule has 21 heavy (non-hydrogen) atoms. The largest absolute Gasteiger partial charge is 0.329 e. The van der Waals surface area contributed by atoms with E-state index in [1.54, 1.807) is 6.07 Å². The van der Waals surface area contributed by atoms with Crippen molar-refractivity contribution in [1.29, 1.82) is 0 Å². The maximum Gasteiger partial charge on any atom is 0.159 e. The summed E-state index contributed by atoms with van der Waals surface area (Å²) < 4.78 is 26.5. The van der Waals surface area contributed by atoms with Crippen LogP contribution in [0.1, 0.15) is 51.1 Å². The fourth-order valence-electron chi connectivity index (χ4n) is 3.48. The first kappa shape index (κ1) is 16.4. The lowest BCUT2D eigenvalue weighted by Crippen LogP contribution is -2.43. The molecule has 2 N–H and O–H groups in total. The lowest BCUT2D eigenvalue weighted by Gasteiger charge is -2.44. The average molecular weight is 296 g/mol. The van der Waals surface area contributed by atoms with Gasteiger partial charge in [0.05, 0.1) is 0 Å². The fraction of sp³-hybridized carbons (Fsp3) is 0.647. The number of hydrogen-bond acceptors (Lipinski definition) is 2. The number of piperidine rings is 1. The van der Waals surface area contributed by atoms with E-state index < -0.39 is 11.6 Å². The van der Waals surface area contributed by atoms with Crippen molar-refractivity contribution in [2.45, 2.75) is 45.6 Å². The number of nitrogens with zero attached hydrogens (tertiary/aromatic N) is 1. The molecular formula is C17H26F2N2. The Morgan fingerprint density at radius 3 is 2.24 bits per heavy atom. The van der Waals surface area contributed by atoms with Crippen molar-refractivity contribution in [2.24, 2.45) is 11.1 Å². The SMILES string of the molecule is CCC1(CC)CCN(C(CN)c2ccc(F)c(F)c2)CC1. The Morgan fingerprint density at radius 1 is 1.14 bits per heavy atom. The summed E-state index contributed by atoms with van der Waals surface area (Å²) in [6, 6.07) is 4.11. The van der Waals surface area contributed by atoms with Gasteiger partial charge in [-0.15, -0.1) is 0 Å². The van der Waals surface area contributed by atoms with E-state index in [2.05, 4.69) is 18.7 Å². The Balaban J connectivity index is 2.11. The van der Waals surface area contributed by atoms with Crippen molar-refractivity contribution in [3.05, 3.63) is 35.4 Å². The Kier molecular flexibility index (Phi) is 5.33. The van der Waals surface area contributed by atoms with Crippen LogP contribution < -0.4 is 5.73 Å². The molecule has 1 atom stereocenters. The Hall–Kier alpha value is -1.00. The number of benzene rings is 1. The van der Waals surface area contributed by atoms with E-state index in [0.29, 0.717) is 12.0 Å². The van der Waals surface area contributed by atoms with Gasteiger partial charge < -0.3 is 5.73 Å². The van der Waals surface area contributed by atoms with Gasteiger partial charge in [0.1, 0.15) is 0 Å². The minimum atomic E-state index is -0.802. The summed E-state index contributed by atoms with van der Waals surface area (Å²) in [6.07, 6.45) is 4.71. The highest BCUT2D eigenvalue weighted by atomic mass is 19.2. The predicted octanol–water partition coefficient (Wildman–Crippen LogP) is 3.87. The molecule has 0 bridgehead atoms. The zero-order valence-corrected chi connectivity index (χ0v) is 13.0. The molecule has 0 aromatic heterocycles. The summed E-state index contributed by atoms with van der Waals surface area (Å²) in [7, 11) is 0. The van der Waals surface area contributed by atoms with E-state index >= 15 is 0 Å². The van der Waals surface area contributed by atoms with Crippen LogP contribution in [0.3, 0.4) is 0 Å². The van der Waals surface area contributed by atoms with Crippen molar-refractivity contribution in [1.82, 2.24) is 4.90 Å². The van der Waals surface area contributed by atoms with Crippen LogP contribution in [0.4, 0.5) is 8.78 Å². The van der Waals surface area contributed by atoms with Crippen LogP contribution in [-0.2, 0) is 0 Å². The van der Waals surface area contributed by atoms with Crippen LogP contribution in [0.25, 0.3) is 0 Å². The fourth-order valence-corrected chi connectivity index (χ4v) is 3.48. The van der Waals surface area contributed by atoms with Crippen molar-refractivity contribution >= 4 is 0 Å². The monoisotopic (exact) mass is 296 g/mol. The van der Waals surface area contributed by atoms with Crippen LogP contribution >= 0.6 is 0 Å². The highest BCUT2D eigenvalue weighted by molar-refractivity contribution is 5.22.